The van der Waals surface area contributed by atoms with Gasteiger partial charge < -0.3 is 9.47 Å². The molecule has 0 radical (unpaired) electrons. The van der Waals surface area contributed by atoms with Crippen LogP contribution in [-0.2, 0) is 19.1 Å². The first kappa shape index (κ1) is 39.5. The molecule has 0 fully saturated rings. The van der Waals surface area contributed by atoms with Crippen molar-refractivity contribution in [1.29, 1.82) is 0 Å². The summed E-state index contributed by atoms with van der Waals surface area (Å²) in [4.78, 5) is 23.5. The van der Waals surface area contributed by atoms with E-state index in [1.165, 1.54) is 103 Å². The SMILES string of the molecule is CCCCCCCCCCCCOC(=O)CCC(=O)OCCCCCCCCCCCC.[NaH].[NaH]. The summed E-state index contributed by atoms with van der Waals surface area (Å²) in [5.41, 5.74) is 0. The summed E-state index contributed by atoms with van der Waals surface area (Å²) in [7, 11) is 0. The zero-order chi connectivity index (χ0) is 23.5. The van der Waals surface area contributed by atoms with Crippen LogP contribution in [0.2, 0.25) is 0 Å². The van der Waals surface area contributed by atoms with Gasteiger partial charge >= 0.3 is 71.1 Å². The van der Waals surface area contributed by atoms with Gasteiger partial charge in [-0.2, -0.15) is 0 Å². The summed E-state index contributed by atoms with van der Waals surface area (Å²) in [6.07, 6.45) is 25.5. The van der Waals surface area contributed by atoms with Crippen LogP contribution in [0.3, 0.4) is 0 Å². The van der Waals surface area contributed by atoms with Gasteiger partial charge in [0.15, 0.2) is 0 Å². The van der Waals surface area contributed by atoms with E-state index in [4.69, 9.17) is 9.47 Å². The molecule has 194 valence electrons. The van der Waals surface area contributed by atoms with Crippen molar-refractivity contribution in [2.75, 3.05) is 13.2 Å². The first-order chi connectivity index (χ1) is 15.7. The van der Waals surface area contributed by atoms with Crippen LogP contribution in [0.15, 0.2) is 0 Å². The van der Waals surface area contributed by atoms with E-state index in [1.807, 2.05) is 0 Å². The van der Waals surface area contributed by atoms with Crippen LogP contribution in [0.5, 0.6) is 0 Å². The van der Waals surface area contributed by atoms with Gasteiger partial charge in [-0.15, -0.1) is 0 Å². The molecule has 0 spiro atoms. The molecule has 0 rings (SSSR count). The van der Waals surface area contributed by atoms with Crippen LogP contribution in [0.4, 0.5) is 0 Å². The normalized spacial score (nSPS) is 10.3. The molecule has 0 bridgehead atoms. The van der Waals surface area contributed by atoms with Crippen LogP contribution in [-0.4, -0.2) is 84.3 Å². The fourth-order valence-electron chi connectivity index (χ4n) is 3.90. The Morgan fingerprint density at radius 1 is 0.412 bits per heavy atom. The van der Waals surface area contributed by atoms with Gasteiger partial charge in [-0.1, -0.05) is 129 Å². The molecule has 0 unspecified atom stereocenters. The Labute approximate surface area is 256 Å². The topological polar surface area (TPSA) is 52.6 Å². The van der Waals surface area contributed by atoms with Crippen LogP contribution < -0.4 is 0 Å². The number of rotatable bonds is 25. The van der Waals surface area contributed by atoms with Gasteiger partial charge in [0.1, 0.15) is 0 Å². The fourth-order valence-corrected chi connectivity index (χ4v) is 3.90. The molecular weight excluding hydrogens is 446 g/mol. The monoisotopic (exact) mass is 502 g/mol. The Morgan fingerprint density at radius 3 is 0.912 bits per heavy atom. The second-order valence-electron chi connectivity index (χ2n) is 9.30. The number of esters is 2. The van der Waals surface area contributed by atoms with E-state index >= 15 is 0 Å². The zero-order valence-electron chi connectivity index (χ0n) is 21.6. The molecular formula is C28H56Na2O4. The molecule has 0 atom stereocenters. The van der Waals surface area contributed by atoms with E-state index in [9.17, 15) is 9.59 Å². The Hall–Kier alpha value is 0.940. The molecule has 0 amide bonds. The Morgan fingerprint density at radius 2 is 0.647 bits per heavy atom. The quantitative estimate of drug-likeness (QED) is 0.0741. The van der Waals surface area contributed by atoms with E-state index in [0.717, 1.165) is 25.7 Å². The molecule has 0 saturated heterocycles. The minimum atomic E-state index is -0.281. The van der Waals surface area contributed by atoms with Crippen molar-refractivity contribution < 1.29 is 19.1 Å². The number of ether oxygens (including phenoxy) is 2. The van der Waals surface area contributed by atoms with E-state index < -0.39 is 0 Å². The standard InChI is InChI=1S/C28H54O4.2Na.2H/c1-3-5-7-9-11-13-15-17-19-21-25-31-27(29)23-24-28(30)32-26-22-20-18-16-14-12-10-8-6-4-2;;;;/h3-26H2,1-2H3;;;;. The van der Waals surface area contributed by atoms with Gasteiger partial charge in [0.25, 0.3) is 0 Å². The Kier molecular flexibility index (Phi) is 39.4. The summed E-state index contributed by atoms with van der Waals surface area (Å²) in [6.45, 7) is 5.45. The molecule has 0 heterocycles. The van der Waals surface area contributed by atoms with E-state index in [1.54, 1.807) is 0 Å². The maximum atomic E-state index is 11.7. The van der Waals surface area contributed by atoms with E-state index in [-0.39, 0.29) is 83.9 Å². The number of hydrogen-bond donors (Lipinski definition) is 0. The number of hydrogen-bond acceptors (Lipinski definition) is 4. The molecule has 0 N–H and O–H groups in total. The third kappa shape index (κ3) is 32.9. The molecule has 6 heteroatoms. The number of carbonyl (C=O) groups is 2. The molecule has 0 aromatic heterocycles. The van der Waals surface area contributed by atoms with Crippen LogP contribution >= 0.6 is 0 Å². The second-order valence-corrected chi connectivity index (χ2v) is 9.30. The average molecular weight is 503 g/mol. The fraction of sp³-hybridized carbons (Fsp3) is 0.929. The van der Waals surface area contributed by atoms with Crippen LogP contribution in [0, 0.1) is 0 Å². The molecule has 34 heavy (non-hydrogen) atoms. The molecule has 0 aromatic carbocycles. The van der Waals surface area contributed by atoms with Gasteiger partial charge in [0.05, 0.1) is 26.1 Å². The van der Waals surface area contributed by atoms with Crippen LogP contribution in [0.1, 0.15) is 155 Å². The third-order valence-electron chi connectivity index (χ3n) is 6.06. The van der Waals surface area contributed by atoms with Crippen molar-refractivity contribution in [3.63, 3.8) is 0 Å². The van der Waals surface area contributed by atoms with Gasteiger partial charge in [0, 0.05) is 0 Å². The summed E-state index contributed by atoms with van der Waals surface area (Å²) >= 11 is 0. The van der Waals surface area contributed by atoms with Crippen molar-refractivity contribution >= 4 is 71.1 Å². The predicted molar refractivity (Wildman–Crippen MR) is 149 cm³/mol. The van der Waals surface area contributed by atoms with Crippen molar-refractivity contribution in [2.45, 2.75) is 155 Å². The van der Waals surface area contributed by atoms with Crippen LogP contribution in [0.25, 0.3) is 0 Å². The van der Waals surface area contributed by atoms with E-state index in [0.29, 0.717) is 13.2 Å². The predicted octanol–water partition coefficient (Wildman–Crippen LogP) is 7.40. The summed E-state index contributed by atoms with van der Waals surface area (Å²) < 4.78 is 10.5. The third-order valence-corrected chi connectivity index (χ3v) is 6.06. The van der Waals surface area contributed by atoms with Crippen molar-refractivity contribution in [3.05, 3.63) is 0 Å². The zero-order valence-corrected chi connectivity index (χ0v) is 21.6. The van der Waals surface area contributed by atoms with E-state index in [2.05, 4.69) is 13.8 Å². The van der Waals surface area contributed by atoms with Gasteiger partial charge in [-0.3, -0.25) is 9.59 Å². The summed E-state index contributed by atoms with van der Waals surface area (Å²) in [5.74, 6) is -0.561. The minimum absolute atomic E-state index is 0. The van der Waals surface area contributed by atoms with Gasteiger partial charge in [-0.05, 0) is 12.8 Å². The van der Waals surface area contributed by atoms with Crippen molar-refractivity contribution in [2.24, 2.45) is 0 Å². The Balaban J connectivity index is -0.00000480. The average Bonchev–Trinajstić information content (AvgIpc) is 2.79. The Bertz CT molecular complexity index is 381. The number of unbranched alkanes of at least 4 members (excludes halogenated alkanes) is 18. The number of carbonyl (C=O) groups excluding carboxylic acids is 2. The molecule has 0 aliphatic rings. The first-order valence-electron chi connectivity index (χ1n) is 14.0. The maximum absolute atomic E-state index is 11.7. The first-order valence-corrected chi connectivity index (χ1v) is 14.0. The molecule has 0 saturated carbocycles. The molecule has 0 aromatic rings. The molecule has 0 aliphatic carbocycles. The van der Waals surface area contributed by atoms with Gasteiger partial charge in [-0.25, -0.2) is 0 Å². The van der Waals surface area contributed by atoms with Gasteiger partial charge in [0.2, 0.25) is 0 Å². The molecule has 0 aliphatic heterocycles. The molecule has 4 nitrogen and oxygen atoms in total. The van der Waals surface area contributed by atoms with Crippen molar-refractivity contribution in [3.8, 4) is 0 Å². The van der Waals surface area contributed by atoms with Crippen molar-refractivity contribution in [1.82, 2.24) is 0 Å². The summed E-state index contributed by atoms with van der Waals surface area (Å²) in [5, 5.41) is 0. The summed E-state index contributed by atoms with van der Waals surface area (Å²) in [6, 6.07) is 0. The second kappa shape index (κ2) is 33.9.